The molecule has 3 N–H and O–H groups in total. The van der Waals surface area contributed by atoms with E-state index in [0.29, 0.717) is 36.0 Å². The molecule has 2 aliphatic rings. The Labute approximate surface area is 299 Å². The lowest BCUT2D eigenvalue weighted by atomic mass is 10.0. The summed E-state index contributed by atoms with van der Waals surface area (Å²) >= 11 is 0. The van der Waals surface area contributed by atoms with E-state index in [1.54, 1.807) is 61.3 Å². The lowest BCUT2D eigenvalue weighted by molar-refractivity contribution is -0.0115. The van der Waals surface area contributed by atoms with Crippen molar-refractivity contribution in [1.29, 1.82) is 0 Å². The molecule has 0 saturated carbocycles. The monoisotopic (exact) mass is 724 g/mol. The molecule has 0 spiro atoms. The Bertz CT molecular complexity index is 1790. The summed E-state index contributed by atoms with van der Waals surface area (Å²) in [6.07, 6.45) is 1.54. The van der Waals surface area contributed by atoms with Gasteiger partial charge in [0.05, 0.1) is 35.3 Å². The van der Waals surface area contributed by atoms with Crippen LogP contribution in [0.15, 0.2) is 65.6 Å². The molecule has 4 atom stereocenters. The molecule has 2 aliphatic heterocycles. The number of aliphatic hydroxyl groups excluding tert-OH is 1. The van der Waals surface area contributed by atoms with Gasteiger partial charge in [-0.3, -0.25) is 9.52 Å². The third kappa shape index (κ3) is 9.63. The van der Waals surface area contributed by atoms with E-state index < -0.39 is 28.1 Å². The number of anilines is 2. The van der Waals surface area contributed by atoms with Crippen molar-refractivity contribution >= 4 is 33.3 Å². The van der Waals surface area contributed by atoms with E-state index in [1.807, 2.05) is 20.8 Å². The van der Waals surface area contributed by atoms with Gasteiger partial charge in [-0.1, -0.05) is 24.6 Å². The molecule has 3 aromatic carbocycles. The minimum atomic E-state index is -3.95. The molecule has 0 bridgehead atoms. The molecule has 2 heterocycles. The fourth-order valence-corrected chi connectivity index (χ4v) is 6.98. The number of aliphatic hydroxyl groups is 1. The average molecular weight is 725 g/mol. The minimum Gasteiger partial charge on any atom is -0.490 e. The molecule has 0 radical (unpaired) electrons. The van der Waals surface area contributed by atoms with Gasteiger partial charge in [0.2, 0.25) is 6.79 Å². The van der Waals surface area contributed by atoms with Gasteiger partial charge in [0.15, 0.2) is 11.5 Å². The maximum atomic E-state index is 14.4. The Morgan fingerprint density at radius 2 is 1.71 bits per heavy atom. The van der Waals surface area contributed by atoms with E-state index in [1.165, 1.54) is 23.1 Å². The molecule has 0 fully saturated rings. The summed E-state index contributed by atoms with van der Waals surface area (Å²) in [7, 11) is -2.27. The zero-order chi connectivity index (χ0) is 36.7. The number of urea groups is 1. The van der Waals surface area contributed by atoms with Crippen LogP contribution in [-0.2, 0) is 14.8 Å². The van der Waals surface area contributed by atoms with E-state index in [9.17, 15) is 23.1 Å². The topological polar surface area (TPSA) is 156 Å². The van der Waals surface area contributed by atoms with Crippen LogP contribution in [0.2, 0.25) is 0 Å². The second kappa shape index (κ2) is 16.7. The van der Waals surface area contributed by atoms with Gasteiger partial charge >= 0.3 is 6.03 Å². The van der Waals surface area contributed by atoms with E-state index >= 15 is 0 Å². The Morgan fingerprint density at radius 1 is 1.00 bits per heavy atom. The first-order chi connectivity index (χ1) is 24.3. The quantitative estimate of drug-likeness (QED) is 0.274. The number of hydrogen-bond acceptors (Lipinski definition) is 9. The van der Waals surface area contributed by atoms with Crippen molar-refractivity contribution in [2.45, 2.75) is 70.1 Å². The highest BCUT2D eigenvalue weighted by atomic mass is 32.2. The lowest BCUT2D eigenvalue weighted by Crippen LogP contribution is -2.48. The Kier molecular flexibility index (Phi) is 12.3. The summed E-state index contributed by atoms with van der Waals surface area (Å²) in [5, 5.41) is 13.2. The summed E-state index contributed by atoms with van der Waals surface area (Å²) < 4.78 is 52.5. The lowest BCUT2D eigenvalue weighted by Gasteiger charge is -2.35. The van der Waals surface area contributed by atoms with Gasteiger partial charge in [-0.05, 0) is 82.5 Å². The summed E-state index contributed by atoms with van der Waals surface area (Å²) in [4.78, 5) is 30.9. The number of benzene rings is 3. The molecule has 0 saturated heterocycles. The number of amides is 3. The maximum Gasteiger partial charge on any atom is 0.321 e. The molecule has 3 aromatic rings. The first kappa shape index (κ1) is 37.7. The van der Waals surface area contributed by atoms with Gasteiger partial charge in [-0.2, -0.15) is 0 Å². The Balaban J connectivity index is 1.39. The first-order valence-electron chi connectivity index (χ1n) is 17.2. The van der Waals surface area contributed by atoms with Crippen LogP contribution in [0.1, 0.15) is 56.0 Å². The molecule has 14 heteroatoms. The summed E-state index contributed by atoms with van der Waals surface area (Å²) in [6, 6.07) is 15.4. The molecule has 0 aromatic heterocycles. The predicted octanol–water partition coefficient (Wildman–Crippen LogP) is 5.48. The van der Waals surface area contributed by atoms with E-state index in [0.717, 1.165) is 18.4 Å². The second-order valence-electron chi connectivity index (χ2n) is 13.3. The number of likely N-dealkylation sites (N-methyl/N-ethyl adjacent to an activating group) is 1. The van der Waals surface area contributed by atoms with Crippen LogP contribution < -0.4 is 24.2 Å². The van der Waals surface area contributed by atoms with Crippen molar-refractivity contribution < 1.29 is 42.1 Å². The van der Waals surface area contributed by atoms with Crippen molar-refractivity contribution in [2.75, 3.05) is 50.2 Å². The van der Waals surface area contributed by atoms with E-state index in [4.69, 9.17) is 18.9 Å². The standard InChI is InChI=1S/C37H48N4O9S/c1-24-9-13-30(14-10-24)51(45,46)39-29-12-15-32-31(18-29)36(43)41(26(3)22-42)20-25(2)35(47-17-7-6-8-27(4)50-32)21-40(5)37(44)38-28-11-16-33-34(19-28)49-23-48-33/h9-16,18-19,25-27,35,39,42H,6-8,17,20-23H2,1-5H3,(H,38,44)/t25-,26+,27-,35+/m1/s1. The van der Waals surface area contributed by atoms with Gasteiger partial charge < -0.3 is 39.2 Å². The molecule has 13 nitrogen and oxygen atoms in total. The number of fused-ring (bicyclic) bond motifs is 2. The summed E-state index contributed by atoms with van der Waals surface area (Å²) in [5.74, 6) is 0.768. The number of aryl methyl sites for hydroxylation is 1. The van der Waals surface area contributed by atoms with Crippen molar-refractivity contribution in [3.63, 3.8) is 0 Å². The van der Waals surface area contributed by atoms with Crippen LogP contribution in [0.3, 0.4) is 0 Å². The van der Waals surface area contributed by atoms with Crippen molar-refractivity contribution in [1.82, 2.24) is 9.80 Å². The maximum absolute atomic E-state index is 14.4. The van der Waals surface area contributed by atoms with E-state index in [2.05, 4.69) is 10.0 Å². The predicted molar refractivity (Wildman–Crippen MR) is 193 cm³/mol. The van der Waals surface area contributed by atoms with Crippen LogP contribution in [-0.4, -0.2) is 93.7 Å². The number of carbonyl (C=O) groups is 2. The largest absolute Gasteiger partial charge is 0.490 e. The number of rotatable bonds is 8. The molecule has 3 amide bonds. The van der Waals surface area contributed by atoms with Crippen LogP contribution in [0, 0.1) is 12.8 Å². The number of carbonyl (C=O) groups excluding carboxylic acids is 2. The summed E-state index contributed by atoms with van der Waals surface area (Å²) in [5.41, 5.74) is 1.84. The molecule has 51 heavy (non-hydrogen) atoms. The second-order valence-corrected chi connectivity index (χ2v) is 15.0. The minimum absolute atomic E-state index is 0.0920. The van der Waals surface area contributed by atoms with Gasteiger partial charge in [0.25, 0.3) is 15.9 Å². The van der Waals surface area contributed by atoms with Gasteiger partial charge in [-0.25, -0.2) is 13.2 Å². The fraction of sp³-hybridized carbons (Fsp3) is 0.459. The number of ether oxygens (including phenoxy) is 4. The van der Waals surface area contributed by atoms with Crippen LogP contribution in [0.4, 0.5) is 16.2 Å². The van der Waals surface area contributed by atoms with Crippen LogP contribution >= 0.6 is 0 Å². The van der Waals surface area contributed by atoms with Gasteiger partial charge in [0, 0.05) is 50.1 Å². The van der Waals surface area contributed by atoms with Crippen molar-refractivity contribution in [3.05, 3.63) is 71.8 Å². The molecular weight excluding hydrogens is 676 g/mol. The van der Waals surface area contributed by atoms with Crippen LogP contribution in [0.5, 0.6) is 17.2 Å². The van der Waals surface area contributed by atoms with Crippen molar-refractivity contribution in [2.24, 2.45) is 5.92 Å². The first-order valence-corrected chi connectivity index (χ1v) is 18.7. The number of sulfonamides is 1. The SMILES string of the molecule is Cc1ccc(S(=O)(=O)Nc2ccc3c(c2)C(=O)N([C@@H](C)CO)C[C@@H](C)[C@H](CN(C)C(=O)Nc2ccc4c(c2)OCO4)OCCCC[C@@H](C)O3)cc1. The highest BCUT2D eigenvalue weighted by Gasteiger charge is 2.31. The molecule has 0 aliphatic carbocycles. The van der Waals surface area contributed by atoms with Crippen LogP contribution in [0.25, 0.3) is 0 Å². The average Bonchev–Trinajstić information content (AvgIpc) is 3.57. The van der Waals surface area contributed by atoms with Crippen molar-refractivity contribution in [3.8, 4) is 17.2 Å². The Hall–Kier alpha value is -4.53. The molecule has 0 unspecified atom stereocenters. The van der Waals surface area contributed by atoms with Gasteiger partial charge in [0.1, 0.15) is 5.75 Å². The molecule has 276 valence electrons. The third-order valence-corrected chi connectivity index (χ3v) is 10.5. The highest BCUT2D eigenvalue weighted by molar-refractivity contribution is 7.92. The normalized spacial score (nSPS) is 20.4. The van der Waals surface area contributed by atoms with E-state index in [-0.39, 0.29) is 60.7 Å². The fourth-order valence-electron chi connectivity index (χ4n) is 5.93. The Morgan fingerprint density at radius 3 is 2.45 bits per heavy atom. The zero-order valence-corrected chi connectivity index (χ0v) is 30.6. The van der Waals surface area contributed by atoms with Gasteiger partial charge in [-0.15, -0.1) is 0 Å². The molecule has 5 rings (SSSR count). The number of nitrogens with one attached hydrogen (secondary N) is 2. The number of hydrogen-bond donors (Lipinski definition) is 3. The number of nitrogens with zero attached hydrogens (tertiary/aromatic N) is 2. The molecular formula is C37H48N4O9S. The zero-order valence-electron chi connectivity index (χ0n) is 29.8. The third-order valence-electron chi connectivity index (χ3n) is 9.06. The highest BCUT2D eigenvalue weighted by Crippen LogP contribution is 2.34. The smallest absolute Gasteiger partial charge is 0.321 e. The summed E-state index contributed by atoms with van der Waals surface area (Å²) in [6.45, 7) is 8.14.